The molecule has 0 atom stereocenters. The normalized spacial score (nSPS) is 10.7. The molecule has 0 aliphatic carbocycles. The van der Waals surface area contributed by atoms with Gasteiger partial charge in [0, 0.05) is 18.1 Å². The molecule has 5 aromatic rings. The van der Waals surface area contributed by atoms with Gasteiger partial charge in [-0.05, 0) is 41.0 Å². The highest BCUT2D eigenvalue weighted by molar-refractivity contribution is 6.03. The van der Waals surface area contributed by atoms with Gasteiger partial charge in [0.15, 0.2) is 17.1 Å². The third kappa shape index (κ3) is 5.14. The van der Waals surface area contributed by atoms with Crippen LogP contribution in [0, 0.1) is 0 Å². The standard InChI is InChI=1S/C30H26N4O6/c1-37-23-14-11-21(17-24(23)38-2)20-9-12-22(13-10-20)33-26-25(30(36)39-3)29(35)34(28-27(26)31-15-16-32-28)40-18-19-7-5-4-6-8-19/h4-17,33H,18H2,1-3H3. The van der Waals surface area contributed by atoms with Crippen molar-refractivity contribution in [3.8, 4) is 22.6 Å². The Kier molecular flexibility index (Phi) is 7.58. The number of fused-ring (bicyclic) bond motifs is 1. The smallest absolute Gasteiger partial charge is 0.345 e. The van der Waals surface area contributed by atoms with Crippen LogP contribution in [0.2, 0.25) is 0 Å². The Morgan fingerprint density at radius 1 is 0.850 bits per heavy atom. The van der Waals surface area contributed by atoms with E-state index in [4.69, 9.17) is 19.0 Å². The van der Waals surface area contributed by atoms with Gasteiger partial charge in [0.25, 0.3) is 0 Å². The van der Waals surface area contributed by atoms with Gasteiger partial charge in [-0.15, -0.1) is 4.73 Å². The number of methoxy groups -OCH3 is 3. The maximum Gasteiger partial charge on any atom is 0.345 e. The highest BCUT2D eigenvalue weighted by Crippen LogP contribution is 2.33. The number of benzene rings is 3. The molecule has 10 heteroatoms. The Morgan fingerprint density at radius 2 is 1.55 bits per heavy atom. The van der Waals surface area contributed by atoms with Crippen molar-refractivity contribution < 1.29 is 23.8 Å². The van der Waals surface area contributed by atoms with Crippen LogP contribution >= 0.6 is 0 Å². The van der Waals surface area contributed by atoms with Crippen LogP contribution in [0.25, 0.3) is 22.3 Å². The second kappa shape index (κ2) is 11.6. The first kappa shape index (κ1) is 26.2. The molecule has 0 spiro atoms. The summed E-state index contributed by atoms with van der Waals surface area (Å²) in [5.74, 6) is 0.416. The highest BCUT2D eigenvalue weighted by Gasteiger charge is 2.26. The number of carbonyl (C=O) groups excluding carboxylic acids is 1. The first-order valence-corrected chi connectivity index (χ1v) is 12.3. The van der Waals surface area contributed by atoms with Crippen LogP contribution in [0.4, 0.5) is 11.4 Å². The Bertz CT molecular complexity index is 1720. The molecule has 0 aliphatic heterocycles. The van der Waals surface area contributed by atoms with E-state index < -0.39 is 11.5 Å². The van der Waals surface area contributed by atoms with Crippen LogP contribution < -0.4 is 25.2 Å². The van der Waals surface area contributed by atoms with Gasteiger partial charge in [-0.25, -0.2) is 14.8 Å². The number of pyridine rings is 1. The van der Waals surface area contributed by atoms with E-state index in [1.807, 2.05) is 72.8 Å². The van der Waals surface area contributed by atoms with E-state index in [0.717, 1.165) is 21.4 Å². The summed E-state index contributed by atoms with van der Waals surface area (Å²) < 4.78 is 16.7. The summed E-state index contributed by atoms with van der Waals surface area (Å²) in [4.78, 5) is 41.0. The van der Waals surface area contributed by atoms with E-state index in [1.165, 1.54) is 19.5 Å². The molecule has 2 aromatic heterocycles. The monoisotopic (exact) mass is 538 g/mol. The van der Waals surface area contributed by atoms with Crippen LogP contribution in [0.1, 0.15) is 15.9 Å². The predicted octanol–water partition coefficient (Wildman–Crippen LogP) is 4.63. The molecule has 3 aromatic carbocycles. The Balaban J connectivity index is 1.54. The first-order chi connectivity index (χ1) is 19.5. The van der Waals surface area contributed by atoms with E-state index in [2.05, 4.69) is 15.3 Å². The van der Waals surface area contributed by atoms with Gasteiger partial charge in [-0.2, -0.15) is 0 Å². The van der Waals surface area contributed by atoms with Crippen molar-refractivity contribution in [3.05, 3.63) is 107 Å². The number of nitrogens with one attached hydrogen (secondary N) is 1. The maximum atomic E-state index is 13.6. The average molecular weight is 539 g/mol. The molecule has 1 N–H and O–H groups in total. The molecule has 10 nitrogen and oxygen atoms in total. The van der Waals surface area contributed by atoms with Gasteiger partial charge >= 0.3 is 11.5 Å². The summed E-state index contributed by atoms with van der Waals surface area (Å²) in [6, 6.07) is 22.4. The first-order valence-electron chi connectivity index (χ1n) is 12.3. The van der Waals surface area contributed by atoms with Gasteiger partial charge in [0.2, 0.25) is 5.65 Å². The number of hydrogen-bond donors (Lipinski definition) is 1. The number of rotatable bonds is 9. The topological polar surface area (TPSA) is 114 Å². The van der Waals surface area contributed by atoms with Crippen LogP contribution in [0.3, 0.4) is 0 Å². The molecule has 202 valence electrons. The summed E-state index contributed by atoms with van der Waals surface area (Å²) in [6.07, 6.45) is 2.92. The molecule has 0 aliphatic rings. The fourth-order valence-electron chi connectivity index (χ4n) is 4.23. The molecule has 0 unspecified atom stereocenters. The van der Waals surface area contributed by atoms with Crippen molar-refractivity contribution in [1.82, 2.24) is 14.7 Å². The third-order valence-corrected chi connectivity index (χ3v) is 6.22. The van der Waals surface area contributed by atoms with Crippen LogP contribution in [-0.2, 0) is 11.3 Å². The SMILES string of the molecule is COC(=O)c1c(Nc2ccc(-c3ccc(OC)c(OC)c3)cc2)c2nccnc2n(OCc2ccccc2)c1=O. The van der Waals surface area contributed by atoms with Crippen molar-refractivity contribution in [2.45, 2.75) is 6.61 Å². The van der Waals surface area contributed by atoms with Gasteiger partial charge in [-0.1, -0.05) is 48.5 Å². The zero-order valence-corrected chi connectivity index (χ0v) is 22.1. The van der Waals surface area contributed by atoms with E-state index in [1.54, 1.807) is 14.2 Å². The lowest BCUT2D eigenvalue weighted by atomic mass is 10.0. The highest BCUT2D eigenvalue weighted by atomic mass is 16.7. The molecule has 0 radical (unpaired) electrons. The third-order valence-electron chi connectivity index (χ3n) is 6.22. The molecular formula is C30H26N4O6. The lowest BCUT2D eigenvalue weighted by Crippen LogP contribution is -2.33. The van der Waals surface area contributed by atoms with Crippen LogP contribution in [-0.4, -0.2) is 42.0 Å². The quantitative estimate of drug-likeness (QED) is 0.268. The van der Waals surface area contributed by atoms with Crippen molar-refractivity contribution in [2.75, 3.05) is 26.6 Å². The molecular weight excluding hydrogens is 512 g/mol. The number of aromatic nitrogens is 3. The molecule has 0 fully saturated rings. The zero-order chi connectivity index (χ0) is 28.1. The fourth-order valence-corrected chi connectivity index (χ4v) is 4.23. The minimum atomic E-state index is -0.834. The zero-order valence-electron chi connectivity index (χ0n) is 22.1. The van der Waals surface area contributed by atoms with Crippen molar-refractivity contribution >= 4 is 28.5 Å². The molecule has 0 saturated carbocycles. The number of carbonyl (C=O) groups is 1. The van der Waals surface area contributed by atoms with Crippen molar-refractivity contribution in [1.29, 1.82) is 0 Å². The summed E-state index contributed by atoms with van der Waals surface area (Å²) in [5.41, 5.74) is 2.90. The minimum absolute atomic E-state index is 0.0808. The maximum absolute atomic E-state index is 13.6. The fraction of sp³-hybridized carbons (Fsp3) is 0.133. The van der Waals surface area contributed by atoms with Crippen molar-refractivity contribution in [3.63, 3.8) is 0 Å². The minimum Gasteiger partial charge on any atom is -0.493 e. The van der Waals surface area contributed by atoms with Gasteiger partial charge in [0.1, 0.15) is 12.1 Å². The predicted molar refractivity (Wildman–Crippen MR) is 150 cm³/mol. The molecule has 0 saturated heterocycles. The lowest BCUT2D eigenvalue weighted by molar-refractivity contribution is 0.0585. The number of ether oxygens (including phenoxy) is 3. The van der Waals surface area contributed by atoms with Gasteiger partial charge < -0.3 is 24.4 Å². The lowest BCUT2D eigenvalue weighted by Gasteiger charge is -2.17. The molecule has 2 heterocycles. The number of nitrogens with zero attached hydrogens (tertiary/aromatic N) is 3. The Morgan fingerprint density at radius 3 is 2.25 bits per heavy atom. The van der Waals surface area contributed by atoms with Gasteiger partial charge in [0.05, 0.1) is 27.0 Å². The Hall–Kier alpha value is -5.38. The summed E-state index contributed by atoms with van der Waals surface area (Å²) in [6.45, 7) is 0.0808. The summed E-state index contributed by atoms with van der Waals surface area (Å²) in [7, 11) is 4.38. The molecule has 5 rings (SSSR count). The number of hydrogen-bond acceptors (Lipinski definition) is 9. The molecule has 40 heavy (non-hydrogen) atoms. The second-order valence-corrected chi connectivity index (χ2v) is 8.60. The summed E-state index contributed by atoms with van der Waals surface area (Å²) in [5, 5.41) is 3.18. The van der Waals surface area contributed by atoms with Crippen molar-refractivity contribution in [2.24, 2.45) is 0 Å². The van der Waals surface area contributed by atoms with E-state index >= 15 is 0 Å². The number of esters is 1. The van der Waals surface area contributed by atoms with Gasteiger partial charge in [-0.3, -0.25) is 4.79 Å². The van der Waals surface area contributed by atoms with E-state index in [0.29, 0.717) is 17.2 Å². The van der Waals surface area contributed by atoms with Crippen LogP contribution in [0.5, 0.6) is 11.5 Å². The molecule has 0 bridgehead atoms. The second-order valence-electron chi connectivity index (χ2n) is 8.60. The summed E-state index contributed by atoms with van der Waals surface area (Å²) >= 11 is 0. The van der Waals surface area contributed by atoms with E-state index in [-0.39, 0.29) is 29.0 Å². The average Bonchev–Trinajstić information content (AvgIpc) is 3.01. The Labute approximate surface area is 229 Å². The van der Waals surface area contributed by atoms with E-state index in [9.17, 15) is 9.59 Å². The number of anilines is 2. The molecule has 0 amide bonds. The van der Waals surface area contributed by atoms with Crippen LogP contribution in [0.15, 0.2) is 90.0 Å². The largest absolute Gasteiger partial charge is 0.493 e.